The van der Waals surface area contributed by atoms with Gasteiger partial charge in [0, 0.05) is 13.3 Å². The predicted molar refractivity (Wildman–Crippen MR) is 50.3 cm³/mol. The van der Waals surface area contributed by atoms with E-state index < -0.39 is 5.78 Å². The van der Waals surface area contributed by atoms with Crippen LogP contribution in [0.5, 0.6) is 0 Å². The van der Waals surface area contributed by atoms with Gasteiger partial charge in [0.1, 0.15) is 5.76 Å². The Bertz CT molecular complexity index is 221. The smallest absolute Gasteiger partial charge is 0.187 e. The van der Waals surface area contributed by atoms with E-state index in [-0.39, 0.29) is 11.5 Å². The molecule has 4 heteroatoms. The van der Waals surface area contributed by atoms with Crippen LogP contribution in [-0.4, -0.2) is 10.9 Å². The van der Waals surface area contributed by atoms with E-state index in [0.29, 0.717) is 6.42 Å². The maximum Gasteiger partial charge on any atom is 0.187 e. The number of nitroso groups, excluding NO2 is 1. The number of unbranched alkanes of at least 4 members (excludes halogenated alkanes) is 2. The first kappa shape index (κ1) is 11.8. The minimum Gasteiger partial charge on any atom is -0.510 e. The van der Waals surface area contributed by atoms with Crippen LogP contribution in [-0.2, 0) is 4.79 Å². The average Bonchev–Trinajstić information content (AvgIpc) is 2.05. The molecule has 0 spiro atoms. The molecule has 13 heavy (non-hydrogen) atoms. The van der Waals surface area contributed by atoms with E-state index in [0.717, 1.165) is 19.3 Å². The number of rotatable bonds is 6. The fourth-order valence-electron chi connectivity index (χ4n) is 0.981. The summed E-state index contributed by atoms with van der Waals surface area (Å²) in [4.78, 5) is 20.9. The number of carbonyl (C=O) groups excluding carboxylic acids is 1. The second-order valence-electron chi connectivity index (χ2n) is 2.90. The van der Waals surface area contributed by atoms with Gasteiger partial charge in [-0.05, 0) is 11.6 Å². The van der Waals surface area contributed by atoms with Crippen molar-refractivity contribution >= 4 is 5.78 Å². The third-order valence-electron chi connectivity index (χ3n) is 1.72. The molecule has 4 nitrogen and oxygen atoms in total. The van der Waals surface area contributed by atoms with E-state index >= 15 is 0 Å². The fraction of sp³-hybridized carbons (Fsp3) is 0.667. The zero-order valence-electron chi connectivity index (χ0n) is 8.04. The fourth-order valence-corrected chi connectivity index (χ4v) is 0.981. The molecule has 0 aromatic heterocycles. The number of carbonyl (C=O) groups is 1. The third kappa shape index (κ3) is 4.40. The summed E-state index contributed by atoms with van der Waals surface area (Å²) in [5.41, 5.74) is -0.337. The molecule has 0 bridgehead atoms. The lowest BCUT2D eigenvalue weighted by molar-refractivity contribution is -0.113. The lowest BCUT2D eigenvalue weighted by atomic mass is 10.1. The number of allylic oxidation sites excluding steroid dienone is 2. The highest BCUT2D eigenvalue weighted by Crippen LogP contribution is 2.12. The third-order valence-corrected chi connectivity index (χ3v) is 1.72. The van der Waals surface area contributed by atoms with Crippen molar-refractivity contribution in [1.82, 2.24) is 0 Å². The monoisotopic (exact) mass is 185 g/mol. The zero-order chi connectivity index (χ0) is 10.3. The van der Waals surface area contributed by atoms with Crippen LogP contribution in [0.1, 0.15) is 39.5 Å². The van der Waals surface area contributed by atoms with Crippen molar-refractivity contribution in [3.05, 3.63) is 16.4 Å². The van der Waals surface area contributed by atoms with E-state index in [9.17, 15) is 14.8 Å². The van der Waals surface area contributed by atoms with Gasteiger partial charge in [-0.3, -0.25) is 4.79 Å². The summed E-state index contributed by atoms with van der Waals surface area (Å²) in [6.45, 7) is 3.25. The van der Waals surface area contributed by atoms with E-state index in [2.05, 4.69) is 5.18 Å². The summed E-state index contributed by atoms with van der Waals surface area (Å²) in [5, 5.41) is 11.8. The molecule has 0 rings (SSSR count). The molecule has 0 saturated carbocycles. The first-order valence-corrected chi connectivity index (χ1v) is 4.39. The Morgan fingerprint density at radius 3 is 2.38 bits per heavy atom. The van der Waals surface area contributed by atoms with Crippen LogP contribution < -0.4 is 0 Å². The maximum absolute atomic E-state index is 10.7. The molecule has 0 aromatic carbocycles. The number of Topliss-reactive ketones (excluding diaryl/α,β-unsaturated/α-hetero) is 1. The van der Waals surface area contributed by atoms with Gasteiger partial charge in [0.15, 0.2) is 11.5 Å². The molecule has 0 aromatic rings. The number of aliphatic hydroxyl groups excluding tert-OH is 1. The van der Waals surface area contributed by atoms with Crippen LogP contribution in [0.15, 0.2) is 16.6 Å². The van der Waals surface area contributed by atoms with Gasteiger partial charge in [-0.2, -0.15) is 0 Å². The van der Waals surface area contributed by atoms with Gasteiger partial charge in [0.2, 0.25) is 0 Å². The van der Waals surface area contributed by atoms with Crippen molar-refractivity contribution < 1.29 is 9.90 Å². The van der Waals surface area contributed by atoms with Crippen molar-refractivity contribution in [1.29, 1.82) is 0 Å². The molecule has 0 heterocycles. The second kappa shape index (κ2) is 6.34. The van der Waals surface area contributed by atoms with Crippen molar-refractivity contribution in [2.45, 2.75) is 39.5 Å². The number of nitrogens with zero attached hydrogens (tertiary/aromatic N) is 1. The Morgan fingerprint density at radius 2 is 2.00 bits per heavy atom. The number of hydrogen-bond acceptors (Lipinski definition) is 4. The SMILES string of the molecule is CCCCCC(O)=C(N=O)C(C)=O. The van der Waals surface area contributed by atoms with E-state index in [1.807, 2.05) is 6.92 Å². The van der Waals surface area contributed by atoms with E-state index in [1.54, 1.807) is 0 Å². The van der Waals surface area contributed by atoms with Crippen molar-refractivity contribution in [2.75, 3.05) is 0 Å². The highest BCUT2D eigenvalue weighted by molar-refractivity contribution is 5.93. The first-order chi connectivity index (χ1) is 6.13. The summed E-state index contributed by atoms with van der Waals surface area (Å²) in [5.74, 6) is -0.667. The van der Waals surface area contributed by atoms with Crippen LogP contribution in [0.25, 0.3) is 0 Å². The zero-order valence-corrected chi connectivity index (χ0v) is 8.04. The van der Waals surface area contributed by atoms with E-state index in [1.165, 1.54) is 6.92 Å². The number of ketones is 1. The summed E-state index contributed by atoms with van der Waals surface area (Å²) in [6.07, 6.45) is 3.12. The van der Waals surface area contributed by atoms with Crippen LogP contribution in [0.3, 0.4) is 0 Å². The predicted octanol–water partition coefficient (Wildman–Crippen LogP) is 2.69. The average molecular weight is 185 g/mol. The molecule has 0 fully saturated rings. The lowest BCUT2D eigenvalue weighted by Crippen LogP contribution is -1.98. The Hall–Kier alpha value is -1.19. The molecule has 0 amide bonds. The van der Waals surface area contributed by atoms with Gasteiger partial charge < -0.3 is 5.11 Å². The minimum absolute atomic E-state index is 0.184. The second-order valence-corrected chi connectivity index (χ2v) is 2.90. The van der Waals surface area contributed by atoms with Gasteiger partial charge in [0.05, 0.1) is 0 Å². The summed E-state index contributed by atoms with van der Waals surface area (Å²) < 4.78 is 0. The summed E-state index contributed by atoms with van der Waals surface area (Å²) in [7, 11) is 0. The first-order valence-electron chi connectivity index (χ1n) is 4.39. The number of hydrogen-bond donors (Lipinski definition) is 1. The van der Waals surface area contributed by atoms with Crippen molar-refractivity contribution in [2.24, 2.45) is 5.18 Å². The van der Waals surface area contributed by atoms with Gasteiger partial charge >= 0.3 is 0 Å². The topological polar surface area (TPSA) is 66.7 Å². The molecule has 0 unspecified atom stereocenters. The van der Waals surface area contributed by atoms with Crippen LogP contribution >= 0.6 is 0 Å². The van der Waals surface area contributed by atoms with Crippen molar-refractivity contribution in [3.63, 3.8) is 0 Å². The highest BCUT2D eigenvalue weighted by atomic mass is 16.3. The Labute approximate surface area is 77.6 Å². The molecule has 0 aliphatic rings. The molecule has 0 aliphatic heterocycles. The standard InChI is InChI=1S/C9H15NO3/c1-3-4-5-6-8(12)9(10-13)7(2)11/h12H,3-6H2,1-2H3. The van der Waals surface area contributed by atoms with Crippen molar-refractivity contribution in [3.8, 4) is 0 Å². The molecule has 0 radical (unpaired) electrons. The summed E-state index contributed by atoms with van der Waals surface area (Å²) >= 11 is 0. The molecular weight excluding hydrogens is 170 g/mol. The largest absolute Gasteiger partial charge is 0.510 e. The Balaban J connectivity index is 4.22. The van der Waals surface area contributed by atoms with Gasteiger partial charge in [-0.1, -0.05) is 19.8 Å². The molecule has 0 saturated heterocycles. The minimum atomic E-state index is -0.482. The quantitative estimate of drug-likeness (QED) is 0.299. The van der Waals surface area contributed by atoms with Crippen LogP contribution in [0.4, 0.5) is 0 Å². The molecule has 74 valence electrons. The molecule has 0 atom stereocenters. The molecule has 0 aliphatic carbocycles. The van der Waals surface area contributed by atoms with Gasteiger partial charge in [-0.15, -0.1) is 4.91 Å². The van der Waals surface area contributed by atoms with Gasteiger partial charge in [0.25, 0.3) is 0 Å². The molecule has 1 N–H and O–H groups in total. The lowest BCUT2D eigenvalue weighted by Gasteiger charge is -2.00. The highest BCUT2D eigenvalue weighted by Gasteiger charge is 2.10. The normalized spacial score (nSPS) is 12.2. The molecular formula is C9H15NO3. The number of aliphatic hydroxyl groups is 1. The maximum atomic E-state index is 10.7. The Morgan fingerprint density at radius 1 is 1.38 bits per heavy atom. The summed E-state index contributed by atoms with van der Waals surface area (Å²) in [6, 6.07) is 0. The van der Waals surface area contributed by atoms with Gasteiger partial charge in [-0.25, -0.2) is 0 Å². The Kier molecular flexibility index (Phi) is 5.76. The van der Waals surface area contributed by atoms with E-state index in [4.69, 9.17) is 0 Å². The van der Waals surface area contributed by atoms with Crippen LogP contribution in [0.2, 0.25) is 0 Å². The van der Waals surface area contributed by atoms with Crippen LogP contribution in [0, 0.1) is 4.91 Å².